The van der Waals surface area contributed by atoms with Gasteiger partial charge in [-0.3, -0.25) is 0 Å². The third-order valence-corrected chi connectivity index (χ3v) is 3.14. The maximum atomic E-state index is 12.5. The first-order valence-corrected chi connectivity index (χ1v) is 5.93. The Balaban J connectivity index is 2.84. The lowest BCUT2D eigenvalue weighted by Crippen LogP contribution is -2.32. The van der Waals surface area contributed by atoms with Crippen molar-refractivity contribution in [3.63, 3.8) is 0 Å². The van der Waals surface area contributed by atoms with Crippen molar-refractivity contribution in [2.24, 2.45) is 5.73 Å². The van der Waals surface area contributed by atoms with Crippen LogP contribution in [0.5, 0.6) is 0 Å². The number of nitrogens with one attached hydrogen (secondary N) is 1. The van der Waals surface area contributed by atoms with Crippen molar-refractivity contribution in [2.45, 2.75) is 25.7 Å². The van der Waals surface area contributed by atoms with Crippen molar-refractivity contribution in [1.29, 1.82) is 0 Å². The lowest BCUT2D eigenvalue weighted by molar-refractivity contribution is -0.137. The van der Waals surface area contributed by atoms with Crippen LogP contribution in [0.2, 0.25) is 0 Å². The maximum Gasteiger partial charge on any atom is 0.416 e. The van der Waals surface area contributed by atoms with E-state index in [0.29, 0.717) is 23.1 Å². The molecule has 2 nitrogen and oxygen atoms in total. The minimum absolute atomic E-state index is 0.0662. The summed E-state index contributed by atoms with van der Waals surface area (Å²) in [6.07, 6.45) is -4.31. The summed E-state index contributed by atoms with van der Waals surface area (Å²) in [7, 11) is 0. The average molecular weight is 311 g/mol. The minimum Gasteiger partial charge on any atom is -0.329 e. The number of rotatable bonds is 4. The Morgan fingerprint density at radius 3 is 2.59 bits per heavy atom. The van der Waals surface area contributed by atoms with Crippen LogP contribution in [0, 0.1) is 0 Å². The minimum atomic E-state index is -4.31. The molecule has 0 bridgehead atoms. The Labute approximate surface area is 107 Å². The summed E-state index contributed by atoms with van der Waals surface area (Å²) < 4.78 is 38.2. The van der Waals surface area contributed by atoms with Crippen molar-refractivity contribution in [3.05, 3.63) is 33.8 Å². The zero-order valence-electron chi connectivity index (χ0n) is 9.31. The van der Waals surface area contributed by atoms with Crippen LogP contribution in [0.1, 0.15) is 18.1 Å². The van der Waals surface area contributed by atoms with Crippen LogP contribution in [-0.4, -0.2) is 12.6 Å². The van der Waals surface area contributed by atoms with Crippen molar-refractivity contribution in [1.82, 2.24) is 5.32 Å². The summed E-state index contributed by atoms with van der Waals surface area (Å²) in [4.78, 5) is 0. The largest absolute Gasteiger partial charge is 0.416 e. The number of alkyl halides is 3. The molecule has 0 spiro atoms. The highest BCUT2D eigenvalue weighted by Crippen LogP contribution is 2.31. The van der Waals surface area contributed by atoms with Gasteiger partial charge in [0.15, 0.2) is 0 Å². The SMILES string of the molecule is C[C@H](CN)NCc1cc(C(F)(F)F)ccc1Br. The van der Waals surface area contributed by atoms with Gasteiger partial charge in [0, 0.05) is 23.6 Å². The standard InChI is InChI=1S/C11H14BrF3N2/c1-7(5-16)17-6-8-4-9(11(13,14)15)2-3-10(8)12/h2-4,7,17H,5-6,16H2,1H3/t7-/m1/s1. The van der Waals surface area contributed by atoms with Crippen LogP contribution in [0.4, 0.5) is 13.2 Å². The van der Waals surface area contributed by atoms with Crippen LogP contribution < -0.4 is 11.1 Å². The van der Waals surface area contributed by atoms with E-state index in [9.17, 15) is 13.2 Å². The van der Waals surface area contributed by atoms with Gasteiger partial charge in [-0.2, -0.15) is 13.2 Å². The van der Waals surface area contributed by atoms with Gasteiger partial charge >= 0.3 is 6.18 Å². The van der Waals surface area contributed by atoms with Gasteiger partial charge in [0.1, 0.15) is 0 Å². The summed E-state index contributed by atoms with van der Waals surface area (Å²) in [6, 6.07) is 3.67. The summed E-state index contributed by atoms with van der Waals surface area (Å²) in [5.74, 6) is 0. The molecule has 0 unspecified atom stereocenters. The molecular weight excluding hydrogens is 297 g/mol. The second-order valence-corrected chi connectivity index (χ2v) is 4.68. The summed E-state index contributed by atoms with van der Waals surface area (Å²) in [5, 5.41) is 3.05. The van der Waals surface area contributed by atoms with Gasteiger partial charge in [0.25, 0.3) is 0 Å². The lowest BCUT2D eigenvalue weighted by atomic mass is 10.1. The Morgan fingerprint density at radius 2 is 2.06 bits per heavy atom. The van der Waals surface area contributed by atoms with Crippen LogP contribution >= 0.6 is 15.9 Å². The predicted molar refractivity (Wildman–Crippen MR) is 64.5 cm³/mol. The Morgan fingerprint density at radius 1 is 1.41 bits per heavy atom. The van der Waals surface area contributed by atoms with Crippen molar-refractivity contribution < 1.29 is 13.2 Å². The molecule has 0 aliphatic rings. The summed E-state index contributed by atoms with van der Waals surface area (Å²) >= 11 is 3.23. The van der Waals surface area contributed by atoms with E-state index >= 15 is 0 Å². The van der Waals surface area contributed by atoms with Crippen molar-refractivity contribution in [2.75, 3.05) is 6.54 Å². The molecule has 0 radical (unpaired) electrons. The van der Waals surface area contributed by atoms with Gasteiger partial charge < -0.3 is 11.1 Å². The van der Waals surface area contributed by atoms with E-state index in [4.69, 9.17) is 5.73 Å². The normalized spacial score (nSPS) is 13.8. The molecule has 0 aliphatic carbocycles. The Kier molecular flexibility index (Phi) is 4.97. The second kappa shape index (κ2) is 5.84. The molecule has 0 heterocycles. The molecule has 1 aromatic rings. The van der Waals surface area contributed by atoms with Crippen LogP contribution in [-0.2, 0) is 12.7 Å². The van der Waals surface area contributed by atoms with Gasteiger partial charge in [-0.15, -0.1) is 0 Å². The lowest BCUT2D eigenvalue weighted by Gasteiger charge is -2.14. The molecule has 0 saturated carbocycles. The smallest absolute Gasteiger partial charge is 0.329 e. The van der Waals surface area contributed by atoms with Crippen molar-refractivity contribution >= 4 is 15.9 Å². The zero-order valence-corrected chi connectivity index (χ0v) is 10.9. The molecule has 1 rings (SSSR count). The van der Waals surface area contributed by atoms with E-state index in [1.54, 1.807) is 0 Å². The number of hydrogen-bond acceptors (Lipinski definition) is 2. The highest BCUT2D eigenvalue weighted by Gasteiger charge is 2.30. The molecule has 0 amide bonds. The first-order chi connectivity index (χ1) is 7.84. The molecule has 1 aromatic carbocycles. The molecule has 0 fully saturated rings. The molecule has 1 atom stereocenters. The molecular formula is C11H14BrF3N2. The van der Waals surface area contributed by atoms with Gasteiger partial charge in [0.2, 0.25) is 0 Å². The maximum absolute atomic E-state index is 12.5. The Hall–Kier alpha value is -0.590. The summed E-state index contributed by atoms with van der Waals surface area (Å²) in [6.45, 7) is 2.67. The second-order valence-electron chi connectivity index (χ2n) is 3.82. The van der Waals surface area contributed by atoms with Crippen LogP contribution in [0.15, 0.2) is 22.7 Å². The molecule has 0 aliphatic heterocycles. The quantitative estimate of drug-likeness (QED) is 0.897. The van der Waals surface area contributed by atoms with E-state index < -0.39 is 11.7 Å². The average Bonchev–Trinajstić information content (AvgIpc) is 2.26. The Bertz CT molecular complexity index is 379. The number of halogens is 4. The van der Waals surface area contributed by atoms with E-state index in [0.717, 1.165) is 12.1 Å². The fourth-order valence-corrected chi connectivity index (χ4v) is 1.64. The summed E-state index contributed by atoms with van der Waals surface area (Å²) in [5.41, 5.74) is 5.35. The van der Waals surface area contributed by atoms with Gasteiger partial charge in [-0.1, -0.05) is 15.9 Å². The van der Waals surface area contributed by atoms with E-state index in [2.05, 4.69) is 21.2 Å². The highest BCUT2D eigenvalue weighted by atomic mass is 79.9. The van der Waals surface area contributed by atoms with E-state index in [1.165, 1.54) is 6.07 Å². The fraction of sp³-hybridized carbons (Fsp3) is 0.455. The van der Waals surface area contributed by atoms with Crippen LogP contribution in [0.25, 0.3) is 0 Å². The molecule has 3 N–H and O–H groups in total. The predicted octanol–water partition coefficient (Wildman–Crippen LogP) is 2.90. The van der Waals surface area contributed by atoms with Gasteiger partial charge in [-0.25, -0.2) is 0 Å². The first-order valence-electron chi connectivity index (χ1n) is 5.13. The molecule has 6 heteroatoms. The highest BCUT2D eigenvalue weighted by molar-refractivity contribution is 9.10. The molecule has 96 valence electrons. The third-order valence-electron chi connectivity index (χ3n) is 2.37. The van der Waals surface area contributed by atoms with E-state index in [1.807, 2.05) is 6.92 Å². The topological polar surface area (TPSA) is 38.0 Å². The van der Waals surface area contributed by atoms with Gasteiger partial charge in [-0.05, 0) is 30.7 Å². The number of nitrogens with two attached hydrogens (primary N) is 1. The fourth-order valence-electron chi connectivity index (χ4n) is 1.25. The number of hydrogen-bond donors (Lipinski definition) is 2. The first kappa shape index (κ1) is 14.5. The van der Waals surface area contributed by atoms with Crippen LogP contribution in [0.3, 0.4) is 0 Å². The van der Waals surface area contributed by atoms with Crippen molar-refractivity contribution in [3.8, 4) is 0 Å². The molecule has 17 heavy (non-hydrogen) atoms. The van der Waals surface area contributed by atoms with E-state index in [-0.39, 0.29) is 6.04 Å². The third kappa shape index (κ3) is 4.29. The molecule has 0 saturated heterocycles. The number of benzene rings is 1. The molecule has 0 aromatic heterocycles. The monoisotopic (exact) mass is 310 g/mol. The zero-order chi connectivity index (χ0) is 13.1. The van der Waals surface area contributed by atoms with Gasteiger partial charge in [0.05, 0.1) is 5.56 Å².